The van der Waals surface area contributed by atoms with E-state index < -0.39 is 11.8 Å². The Morgan fingerprint density at radius 1 is 1.20 bits per heavy atom. The van der Waals surface area contributed by atoms with Crippen molar-refractivity contribution >= 4 is 11.7 Å². The molecular weight excluding hydrogens is 261 g/mol. The maximum atomic E-state index is 13.9. The third kappa shape index (κ3) is 2.71. The Bertz CT molecular complexity index is 656. The molecule has 104 valence electrons. The molecule has 0 radical (unpaired) electrons. The van der Waals surface area contributed by atoms with Crippen LogP contribution in [0.2, 0.25) is 0 Å². The number of hydrogen-bond acceptors (Lipinski definition) is 4. The number of carbonyl (C=O) groups excluding carboxylic acids is 1. The minimum Gasteiger partial charge on any atom is -0.465 e. The number of carbonyl (C=O) groups is 1. The van der Waals surface area contributed by atoms with E-state index in [-0.39, 0.29) is 17.1 Å². The van der Waals surface area contributed by atoms with Gasteiger partial charge in [0.15, 0.2) is 11.6 Å². The Kier molecular flexibility index (Phi) is 3.89. The Morgan fingerprint density at radius 2 is 1.95 bits per heavy atom. The normalized spacial score (nSPS) is 10.2. The molecule has 0 amide bonds. The quantitative estimate of drug-likeness (QED) is 0.689. The molecule has 0 aliphatic rings. The SMILES string of the molecule is COC(=O)c1cc(N)ccc1Oc1cccc(C)c1F. The standard InChI is InChI=1S/C15H14FNO3/c1-9-4-3-5-13(14(9)16)20-12-7-6-10(17)8-11(12)15(18)19-2/h3-8H,17H2,1-2H3. The molecule has 20 heavy (non-hydrogen) atoms. The van der Waals surface area contributed by atoms with Gasteiger partial charge in [0.05, 0.1) is 7.11 Å². The molecule has 2 N–H and O–H groups in total. The van der Waals surface area contributed by atoms with Crippen molar-refractivity contribution in [3.05, 3.63) is 53.3 Å². The summed E-state index contributed by atoms with van der Waals surface area (Å²) in [4.78, 5) is 11.7. The number of nitrogen functional groups attached to an aromatic ring is 1. The molecular formula is C15H14FNO3. The molecule has 0 atom stereocenters. The van der Waals surface area contributed by atoms with Crippen LogP contribution in [0.3, 0.4) is 0 Å². The van der Waals surface area contributed by atoms with E-state index in [9.17, 15) is 9.18 Å². The third-order valence-corrected chi connectivity index (χ3v) is 2.79. The first kappa shape index (κ1) is 13.9. The fourth-order valence-electron chi connectivity index (χ4n) is 1.72. The number of benzene rings is 2. The van der Waals surface area contributed by atoms with Gasteiger partial charge in [0.1, 0.15) is 11.3 Å². The van der Waals surface area contributed by atoms with Gasteiger partial charge in [-0.3, -0.25) is 0 Å². The first-order valence-electron chi connectivity index (χ1n) is 5.93. The smallest absolute Gasteiger partial charge is 0.341 e. The fraction of sp³-hybridized carbons (Fsp3) is 0.133. The van der Waals surface area contributed by atoms with Crippen molar-refractivity contribution in [1.82, 2.24) is 0 Å². The number of ether oxygens (including phenoxy) is 2. The van der Waals surface area contributed by atoms with Gasteiger partial charge >= 0.3 is 5.97 Å². The Balaban J connectivity index is 2.43. The minimum atomic E-state index is -0.597. The lowest BCUT2D eigenvalue weighted by molar-refractivity contribution is 0.0598. The van der Waals surface area contributed by atoms with Crippen LogP contribution in [-0.4, -0.2) is 13.1 Å². The van der Waals surface area contributed by atoms with E-state index in [4.69, 9.17) is 10.5 Å². The van der Waals surface area contributed by atoms with Gasteiger partial charge in [-0.15, -0.1) is 0 Å². The fourth-order valence-corrected chi connectivity index (χ4v) is 1.72. The summed E-state index contributed by atoms with van der Waals surface area (Å²) < 4.78 is 24.0. The zero-order valence-electron chi connectivity index (χ0n) is 11.1. The molecule has 5 heteroatoms. The highest BCUT2D eigenvalue weighted by molar-refractivity contribution is 5.93. The molecule has 2 rings (SSSR count). The monoisotopic (exact) mass is 275 g/mol. The van der Waals surface area contributed by atoms with E-state index >= 15 is 0 Å². The molecule has 2 aromatic carbocycles. The van der Waals surface area contributed by atoms with E-state index in [1.165, 1.54) is 25.3 Å². The number of hydrogen-bond donors (Lipinski definition) is 1. The topological polar surface area (TPSA) is 61.5 Å². The van der Waals surface area contributed by atoms with Gasteiger partial charge in [-0.05, 0) is 36.8 Å². The van der Waals surface area contributed by atoms with Gasteiger partial charge in [-0.25, -0.2) is 9.18 Å². The average Bonchev–Trinajstić information content (AvgIpc) is 2.44. The summed E-state index contributed by atoms with van der Waals surface area (Å²) in [7, 11) is 1.25. The van der Waals surface area contributed by atoms with Crippen molar-refractivity contribution in [2.75, 3.05) is 12.8 Å². The number of methoxy groups -OCH3 is 1. The van der Waals surface area contributed by atoms with Gasteiger partial charge in [0.2, 0.25) is 0 Å². The highest BCUT2D eigenvalue weighted by Crippen LogP contribution is 2.30. The lowest BCUT2D eigenvalue weighted by atomic mass is 10.1. The number of esters is 1. The first-order valence-corrected chi connectivity index (χ1v) is 5.93. The van der Waals surface area contributed by atoms with Crippen LogP contribution in [0, 0.1) is 12.7 Å². The summed E-state index contributed by atoms with van der Waals surface area (Å²) in [5.74, 6) is -0.837. The van der Waals surface area contributed by atoms with Crippen LogP contribution in [0.4, 0.5) is 10.1 Å². The van der Waals surface area contributed by atoms with Crippen molar-refractivity contribution in [2.45, 2.75) is 6.92 Å². The molecule has 0 bridgehead atoms. The Hall–Kier alpha value is -2.56. The molecule has 0 aliphatic heterocycles. The molecule has 0 unspecified atom stereocenters. The number of nitrogens with two attached hydrogens (primary N) is 1. The summed E-state index contributed by atoms with van der Waals surface area (Å²) in [6, 6.07) is 9.28. The summed E-state index contributed by atoms with van der Waals surface area (Å²) in [5.41, 5.74) is 6.62. The lowest BCUT2D eigenvalue weighted by Gasteiger charge is -2.12. The van der Waals surface area contributed by atoms with Gasteiger partial charge in [0, 0.05) is 5.69 Å². The van der Waals surface area contributed by atoms with Gasteiger partial charge < -0.3 is 15.2 Å². The second-order valence-electron chi connectivity index (χ2n) is 4.24. The third-order valence-electron chi connectivity index (χ3n) is 2.79. The zero-order valence-corrected chi connectivity index (χ0v) is 11.1. The van der Waals surface area contributed by atoms with E-state index in [0.29, 0.717) is 11.3 Å². The molecule has 2 aromatic rings. The summed E-state index contributed by atoms with van der Waals surface area (Å²) in [5, 5.41) is 0. The lowest BCUT2D eigenvalue weighted by Crippen LogP contribution is -2.05. The van der Waals surface area contributed by atoms with Gasteiger partial charge in [-0.2, -0.15) is 0 Å². The highest BCUT2D eigenvalue weighted by atomic mass is 19.1. The molecule has 0 aromatic heterocycles. The summed E-state index contributed by atoms with van der Waals surface area (Å²) >= 11 is 0. The van der Waals surface area contributed by atoms with Crippen LogP contribution in [0.15, 0.2) is 36.4 Å². The molecule has 0 spiro atoms. The van der Waals surface area contributed by atoms with Crippen molar-refractivity contribution in [1.29, 1.82) is 0 Å². The molecule has 4 nitrogen and oxygen atoms in total. The van der Waals surface area contributed by atoms with E-state index in [0.717, 1.165) is 0 Å². The van der Waals surface area contributed by atoms with E-state index in [1.807, 2.05) is 0 Å². The van der Waals surface area contributed by atoms with Crippen LogP contribution in [0.5, 0.6) is 11.5 Å². The van der Waals surface area contributed by atoms with Crippen LogP contribution < -0.4 is 10.5 Å². The predicted molar refractivity (Wildman–Crippen MR) is 73.4 cm³/mol. The zero-order chi connectivity index (χ0) is 14.7. The number of anilines is 1. The second kappa shape index (κ2) is 5.61. The van der Waals surface area contributed by atoms with Crippen LogP contribution in [0.25, 0.3) is 0 Å². The van der Waals surface area contributed by atoms with Crippen molar-refractivity contribution < 1.29 is 18.7 Å². The number of rotatable bonds is 3. The molecule has 0 heterocycles. The molecule has 0 saturated carbocycles. The predicted octanol–water partition coefficient (Wildman–Crippen LogP) is 3.30. The van der Waals surface area contributed by atoms with Crippen LogP contribution >= 0.6 is 0 Å². The van der Waals surface area contributed by atoms with E-state index in [1.54, 1.807) is 25.1 Å². The minimum absolute atomic E-state index is 0.0416. The van der Waals surface area contributed by atoms with Crippen molar-refractivity contribution in [3.8, 4) is 11.5 Å². The second-order valence-corrected chi connectivity index (χ2v) is 4.24. The largest absolute Gasteiger partial charge is 0.465 e. The van der Waals surface area contributed by atoms with Crippen molar-refractivity contribution in [3.63, 3.8) is 0 Å². The molecule has 0 fully saturated rings. The maximum Gasteiger partial charge on any atom is 0.341 e. The molecule has 0 aliphatic carbocycles. The highest BCUT2D eigenvalue weighted by Gasteiger charge is 2.16. The van der Waals surface area contributed by atoms with Gasteiger partial charge in [0.25, 0.3) is 0 Å². The van der Waals surface area contributed by atoms with Crippen LogP contribution in [-0.2, 0) is 4.74 Å². The van der Waals surface area contributed by atoms with Gasteiger partial charge in [-0.1, -0.05) is 12.1 Å². The number of halogens is 1. The first-order chi connectivity index (χ1) is 9.52. The Morgan fingerprint density at radius 3 is 2.65 bits per heavy atom. The molecule has 0 saturated heterocycles. The Labute approximate surface area is 115 Å². The maximum absolute atomic E-state index is 13.9. The van der Waals surface area contributed by atoms with E-state index in [2.05, 4.69) is 4.74 Å². The number of aryl methyl sites for hydroxylation is 1. The van der Waals surface area contributed by atoms with Crippen molar-refractivity contribution in [2.24, 2.45) is 0 Å². The average molecular weight is 275 g/mol. The summed E-state index contributed by atoms with van der Waals surface area (Å²) in [6.07, 6.45) is 0. The summed E-state index contributed by atoms with van der Waals surface area (Å²) in [6.45, 7) is 1.63. The van der Waals surface area contributed by atoms with Crippen LogP contribution in [0.1, 0.15) is 15.9 Å².